The third-order valence-corrected chi connectivity index (χ3v) is 7.14. The second kappa shape index (κ2) is 8.49. The summed E-state index contributed by atoms with van der Waals surface area (Å²) in [6.07, 6.45) is 0.751. The first-order valence-corrected chi connectivity index (χ1v) is 12.1. The summed E-state index contributed by atoms with van der Waals surface area (Å²) < 4.78 is 33.3. The van der Waals surface area contributed by atoms with Crippen LogP contribution in [0.25, 0.3) is 0 Å². The number of para-hydroxylation sites is 1. The summed E-state index contributed by atoms with van der Waals surface area (Å²) in [7, 11) is -2.10. The molecule has 30 heavy (non-hydrogen) atoms. The van der Waals surface area contributed by atoms with E-state index >= 15 is 0 Å². The maximum atomic E-state index is 12.7. The SMILES string of the molecule is COc1ccccc1CS(=O)(=O)Nc1ccc2c(c1)CN(C(=O)c1cccs1)CC2. The van der Waals surface area contributed by atoms with Crippen LogP contribution in [0.15, 0.2) is 60.0 Å². The van der Waals surface area contributed by atoms with E-state index in [1.54, 1.807) is 35.2 Å². The van der Waals surface area contributed by atoms with E-state index in [9.17, 15) is 13.2 Å². The molecule has 0 bridgehead atoms. The number of rotatable bonds is 6. The molecule has 0 fully saturated rings. The van der Waals surface area contributed by atoms with Crippen molar-refractivity contribution in [3.05, 3.63) is 81.5 Å². The van der Waals surface area contributed by atoms with E-state index in [1.165, 1.54) is 18.4 Å². The number of hydrogen-bond acceptors (Lipinski definition) is 5. The molecule has 0 atom stereocenters. The van der Waals surface area contributed by atoms with Gasteiger partial charge in [-0.1, -0.05) is 30.3 Å². The van der Waals surface area contributed by atoms with Crippen molar-refractivity contribution in [1.29, 1.82) is 0 Å². The fourth-order valence-corrected chi connectivity index (χ4v) is 5.49. The van der Waals surface area contributed by atoms with Gasteiger partial charge >= 0.3 is 0 Å². The molecule has 1 aliphatic heterocycles. The molecule has 6 nitrogen and oxygen atoms in total. The zero-order chi connectivity index (χ0) is 21.1. The van der Waals surface area contributed by atoms with Crippen molar-refractivity contribution in [2.75, 3.05) is 18.4 Å². The number of sulfonamides is 1. The second-order valence-electron chi connectivity index (χ2n) is 7.11. The van der Waals surface area contributed by atoms with E-state index in [2.05, 4.69) is 4.72 Å². The lowest BCUT2D eigenvalue weighted by Crippen LogP contribution is -2.35. The van der Waals surface area contributed by atoms with E-state index in [0.29, 0.717) is 35.0 Å². The van der Waals surface area contributed by atoms with Gasteiger partial charge in [0.25, 0.3) is 5.91 Å². The zero-order valence-electron chi connectivity index (χ0n) is 16.5. The number of fused-ring (bicyclic) bond motifs is 1. The van der Waals surface area contributed by atoms with E-state index in [4.69, 9.17) is 4.74 Å². The van der Waals surface area contributed by atoms with Gasteiger partial charge in [0.05, 0.1) is 17.7 Å². The lowest BCUT2D eigenvalue weighted by atomic mass is 9.99. The van der Waals surface area contributed by atoms with Gasteiger partial charge in [-0.05, 0) is 47.2 Å². The Balaban J connectivity index is 1.50. The number of hydrogen-bond donors (Lipinski definition) is 1. The number of methoxy groups -OCH3 is 1. The molecule has 1 aromatic heterocycles. The smallest absolute Gasteiger partial charge is 0.264 e. The summed E-state index contributed by atoms with van der Waals surface area (Å²) in [5.41, 5.74) is 3.19. The largest absolute Gasteiger partial charge is 0.496 e. The van der Waals surface area contributed by atoms with Crippen molar-refractivity contribution < 1.29 is 17.9 Å². The van der Waals surface area contributed by atoms with Gasteiger partial charge < -0.3 is 9.64 Å². The number of anilines is 1. The highest BCUT2D eigenvalue weighted by Crippen LogP contribution is 2.26. The number of amides is 1. The van der Waals surface area contributed by atoms with Crippen LogP contribution in [0.1, 0.15) is 26.4 Å². The number of nitrogens with zero attached hydrogens (tertiary/aromatic N) is 1. The molecule has 0 radical (unpaired) electrons. The molecule has 156 valence electrons. The Labute approximate surface area is 180 Å². The van der Waals surface area contributed by atoms with Gasteiger partial charge in [0.2, 0.25) is 10.0 Å². The molecule has 4 rings (SSSR count). The Kier molecular flexibility index (Phi) is 5.78. The van der Waals surface area contributed by atoms with Crippen LogP contribution in [0.2, 0.25) is 0 Å². The van der Waals surface area contributed by atoms with Crippen LogP contribution < -0.4 is 9.46 Å². The molecule has 2 aromatic carbocycles. The molecule has 0 aliphatic carbocycles. The molecule has 0 spiro atoms. The van der Waals surface area contributed by atoms with Crippen molar-refractivity contribution >= 4 is 33.0 Å². The summed E-state index contributed by atoms with van der Waals surface area (Å²) in [5, 5.41) is 1.89. The second-order valence-corrected chi connectivity index (χ2v) is 9.78. The quantitative estimate of drug-likeness (QED) is 0.628. The Morgan fingerprint density at radius 2 is 1.97 bits per heavy atom. The van der Waals surface area contributed by atoms with Crippen molar-refractivity contribution in [3.63, 3.8) is 0 Å². The standard InChI is InChI=1S/C22H22N2O4S2/c1-28-20-6-3-2-5-17(20)15-30(26,27)23-19-9-8-16-10-11-24(14-18(16)13-19)22(25)21-7-4-12-29-21/h2-9,12-13,23H,10-11,14-15H2,1H3. The first-order chi connectivity index (χ1) is 14.4. The molecule has 1 N–H and O–H groups in total. The van der Waals surface area contributed by atoms with E-state index in [0.717, 1.165) is 17.5 Å². The lowest BCUT2D eigenvalue weighted by molar-refractivity contribution is 0.0739. The van der Waals surface area contributed by atoms with Crippen molar-refractivity contribution in [1.82, 2.24) is 4.90 Å². The van der Waals surface area contributed by atoms with Crippen LogP contribution in [0.3, 0.4) is 0 Å². The Bertz CT molecular complexity index is 1160. The van der Waals surface area contributed by atoms with E-state index in [1.807, 2.05) is 29.6 Å². The molecule has 1 aliphatic rings. The minimum Gasteiger partial charge on any atom is -0.496 e. The van der Waals surface area contributed by atoms with Crippen LogP contribution in [0.5, 0.6) is 5.75 Å². The van der Waals surface area contributed by atoms with Gasteiger partial charge in [0.15, 0.2) is 0 Å². The summed E-state index contributed by atoms with van der Waals surface area (Å²) in [6.45, 7) is 1.12. The van der Waals surface area contributed by atoms with Gasteiger partial charge in [-0.25, -0.2) is 8.42 Å². The van der Waals surface area contributed by atoms with E-state index < -0.39 is 10.0 Å². The number of carbonyl (C=O) groups is 1. The highest BCUT2D eigenvalue weighted by Gasteiger charge is 2.23. The highest BCUT2D eigenvalue weighted by molar-refractivity contribution is 7.91. The van der Waals surface area contributed by atoms with Crippen LogP contribution in [0, 0.1) is 0 Å². The molecular formula is C22H22N2O4S2. The molecule has 0 saturated heterocycles. The summed E-state index contributed by atoms with van der Waals surface area (Å²) in [5.74, 6) is 0.366. The first-order valence-electron chi connectivity index (χ1n) is 9.52. The molecule has 0 saturated carbocycles. The topological polar surface area (TPSA) is 75.7 Å². The fraction of sp³-hybridized carbons (Fsp3) is 0.227. The summed E-state index contributed by atoms with van der Waals surface area (Å²) in [6, 6.07) is 16.3. The molecular weight excluding hydrogens is 420 g/mol. The Morgan fingerprint density at radius 3 is 2.73 bits per heavy atom. The van der Waals surface area contributed by atoms with Crippen molar-refractivity contribution in [2.45, 2.75) is 18.7 Å². The van der Waals surface area contributed by atoms with E-state index in [-0.39, 0.29) is 11.7 Å². The van der Waals surface area contributed by atoms with Crippen LogP contribution >= 0.6 is 11.3 Å². The first kappa shape index (κ1) is 20.4. The lowest BCUT2D eigenvalue weighted by Gasteiger charge is -2.29. The molecule has 8 heteroatoms. The number of thiophene rings is 1. The van der Waals surface area contributed by atoms with Gasteiger partial charge in [0, 0.05) is 24.3 Å². The average molecular weight is 443 g/mol. The summed E-state index contributed by atoms with van der Waals surface area (Å²) >= 11 is 1.43. The monoisotopic (exact) mass is 442 g/mol. The third kappa shape index (κ3) is 4.49. The number of benzene rings is 2. The minimum absolute atomic E-state index is 0.0119. The average Bonchev–Trinajstić information content (AvgIpc) is 3.27. The summed E-state index contributed by atoms with van der Waals surface area (Å²) in [4.78, 5) is 15.2. The highest BCUT2D eigenvalue weighted by atomic mass is 32.2. The molecule has 2 heterocycles. The van der Waals surface area contributed by atoms with Crippen molar-refractivity contribution in [3.8, 4) is 5.75 Å². The minimum atomic E-state index is -3.62. The fourth-order valence-electron chi connectivity index (χ4n) is 3.59. The van der Waals surface area contributed by atoms with Crippen LogP contribution in [0.4, 0.5) is 5.69 Å². The predicted octanol–water partition coefficient (Wildman–Crippen LogP) is 3.90. The van der Waals surface area contributed by atoms with Crippen LogP contribution in [-0.4, -0.2) is 32.9 Å². The maximum Gasteiger partial charge on any atom is 0.264 e. The zero-order valence-corrected chi connectivity index (χ0v) is 18.1. The van der Waals surface area contributed by atoms with Gasteiger partial charge in [0.1, 0.15) is 5.75 Å². The maximum absolute atomic E-state index is 12.7. The van der Waals surface area contributed by atoms with Gasteiger partial charge in [-0.3, -0.25) is 9.52 Å². The Morgan fingerprint density at radius 1 is 1.13 bits per heavy atom. The molecule has 3 aromatic rings. The van der Waals surface area contributed by atoms with Gasteiger partial charge in [-0.15, -0.1) is 11.3 Å². The Hall–Kier alpha value is -2.84. The molecule has 1 amide bonds. The van der Waals surface area contributed by atoms with Gasteiger partial charge in [-0.2, -0.15) is 0 Å². The number of ether oxygens (including phenoxy) is 1. The van der Waals surface area contributed by atoms with Crippen molar-refractivity contribution in [2.24, 2.45) is 0 Å². The number of nitrogens with one attached hydrogen (secondary N) is 1. The third-order valence-electron chi connectivity index (χ3n) is 5.05. The molecule has 0 unspecified atom stereocenters. The van der Waals surface area contributed by atoms with Crippen LogP contribution in [-0.2, 0) is 28.7 Å². The predicted molar refractivity (Wildman–Crippen MR) is 118 cm³/mol. The number of carbonyl (C=O) groups excluding carboxylic acids is 1. The normalized spacial score (nSPS) is 13.6.